The molecule has 0 bridgehead atoms. The molecule has 0 aliphatic rings. The van der Waals surface area contributed by atoms with Gasteiger partial charge in [-0.15, -0.1) is 0 Å². The van der Waals surface area contributed by atoms with E-state index < -0.39 is 5.60 Å². The van der Waals surface area contributed by atoms with Crippen LogP contribution in [0.1, 0.15) is 34.6 Å². The molecule has 98 valence electrons. The zero-order chi connectivity index (χ0) is 13.6. The second-order valence-corrected chi connectivity index (χ2v) is 5.08. The van der Waals surface area contributed by atoms with Crippen LogP contribution in [0.15, 0.2) is 17.3 Å². The van der Waals surface area contributed by atoms with Crippen molar-refractivity contribution in [2.75, 3.05) is 13.6 Å². The molecule has 0 aliphatic carbocycles. The number of likely N-dealkylation sites (N-methyl/N-ethyl adjacent to an activating group) is 1. The fraction of sp³-hybridized carbons (Fsp3) is 0.692. The predicted octanol–water partition coefficient (Wildman–Crippen LogP) is 2.25. The summed E-state index contributed by atoms with van der Waals surface area (Å²) in [7, 11) is 1.85. The van der Waals surface area contributed by atoms with E-state index in [1.807, 2.05) is 46.6 Å². The minimum absolute atomic E-state index is 0.228. The zero-order valence-corrected chi connectivity index (χ0v) is 11.8. The van der Waals surface area contributed by atoms with Crippen molar-refractivity contribution in [3.05, 3.63) is 12.3 Å². The van der Waals surface area contributed by atoms with E-state index in [-0.39, 0.29) is 12.0 Å². The van der Waals surface area contributed by atoms with Crippen molar-refractivity contribution in [3.8, 4) is 0 Å². The Bertz CT molecular complexity index is 303. The number of nitrogens with zero attached hydrogens (tertiary/aromatic N) is 2. The van der Waals surface area contributed by atoms with Gasteiger partial charge in [-0.2, -0.15) is 0 Å². The number of rotatable bonds is 5. The van der Waals surface area contributed by atoms with E-state index in [1.54, 1.807) is 6.21 Å². The Morgan fingerprint density at radius 2 is 2.06 bits per heavy atom. The minimum Gasteiger partial charge on any atom is -0.459 e. The van der Waals surface area contributed by atoms with Crippen LogP contribution in [-0.4, -0.2) is 42.3 Å². The molecular weight excluding hydrogens is 216 g/mol. The molecule has 1 atom stereocenters. The molecule has 0 saturated heterocycles. The second kappa shape index (κ2) is 6.55. The third-order valence-corrected chi connectivity index (χ3v) is 2.15. The lowest BCUT2D eigenvalue weighted by molar-refractivity contribution is -0.160. The van der Waals surface area contributed by atoms with Gasteiger partial charge >= 0.3 is 5.97 Å². The first-order valence-electron chi connectivity index (χ1n) is 5.77. The van der Waals surface area contributed by atoms with Crippen LogP contribution in [0, 0.1) is 0 Å². The van der Waals surface area contributed by atoms with E-state index >= 15 is 0 Å². The van der Waals surface area contributed by atoms with E-state index in [9.17, 15) is 4.79 Å². The van der Waals surface area contributed by atoms with Crippen molar-refractivity contribution in [2.45, 2.75) is 46.3 Å². The summed E-state index contributed by atoms with van der Waals surface area (Å²) in [5, 5.41) is 0. The molecule has 0 radical (unpaired) electrons. The minimum atomic E-state index is -0.454. The summed E-state index contributed by atoms with van der Waals surface area (Å²) in [6.45, 7) is 13.6. The molecule has 0 aromatic carbocycles. The van der Waals surface area contributed by atoms with Crippen LogP contribution >= 0.6 is 0 Å². The summed E-state index contributed by atoms with van der Waals surface area (Å²) in [5.74, 6) is -0.228. The fourth-order valence-electron chi connectivity index (χ4n) is 1.22. The molecule has 17 heavy (non-hydrogen) atoms. The summed E-state index contributed by atoms with van der Waals surface area (Å²) in [5.41, 5.74) is 0.274. The van der Waals surface area contributed by atoms with Crippen LogP contribution in [0.25, 0.3) is 0 Å². The standard InChI is InChI=1S/C13H24N2O2/c1-8-14-10(2)9-15(7)11(3)12(16)17-13(4,5)6/h8,11H,2,9H2,1,3-7H3/t11-/m1/s1. The highest BCUT2D eigenvalue weighted by atomic mass is 16.6. The number of ether oxygens (including phenoxy) is 1. The van der Waals surface area contributed by atoms with E-state index in [1.165, 1.54) is 0 Å². The summed E-state index contributed by atoms with van der Waals surface area (Å²) < 4.78 is 5.31. The highest BCUT2D eigenvalue weighted by Gasteiger charge is 2.24. The Labute approximate surface area is 104 Å². The Morgan fingerprint density at radius 3 is 2.47 bits per heavy atom. The number of hydrogen-bond donors (Lipinski definition) is 0. The van der Waals surface area contributed by atoms with Crippen LogP contribution in [0.2, 0.25) is 0 Å². The van der Waals surface area contributed by atoms with E-state index in [2.05, 4.69) is 11.6 Å². The van der Waals surface area contributed by atoms with E-state index in [4.69, 9.17) is 4.74 Å². The van der Waals surface area contributed by atoms with Crippen LogP contribution in [0.4, 0.5) is 0 Å². The fourth-order valence-corrected chi connectivity index (χ4v) is 1.22. The van der Waals surface area contributed by atoms with Crippen molar-refractivity contribution < 1.29 is 9.53 Å². The SMILES string of the molecule is C=C(CN(C)[C@H](C)C(=O)OC(C)(C)C)N=CC. The lowest BCUT2D eigenvalue weighted by Gasteiger charge is -2.27. The van der Waals surface area contributed by atoms with E-state index in [0.29, 0.717) is 6.54 Å². The van der Waals surface area contributed by atoms with Gasteiger partial charge in [-0.3, -0.25) is 14.7 Å². The monoisotopic (exact) mass is 240 g/mol. The van der Waals surface area contributed by atoms with Gasteiger partial charge in [0, 0.05) is 18.5 Å². The molecule has 4 heteroatoms. The lowest BCUT2D eigenvalue weighted by Crippen LogP contribution is -2.41. The number of hydrogen-bond acceptors (Lipinski definition) is 4. The normalized spacial score (nSPS) is 14.1. The topological polar surface area (TPSA) is 41.9 Å². The molecule has 0 unspecified atom stereocenters. The van der Waals surface area contributed by atoms with Gasteiger partial charge in [0.05, 0.1) is 0 Å². The summed E-state index contributed by atoms with van der Waals surface area (Å²) >= 11 is 0. The molecular formula is C13H24N2O2. The average Bonchev–Trinajstić information content (AvgIpc) is 2.13. The molecule has 0 N–H and O–H groups in total. The second-order valence-electron chi connectivity index (χ2n) is 5.08. The highest BCUT2D eigenvalue weighted by Crippen LogP contribution is 2.11. The zero-order valence-electron chi connectivity index (χ0n) is 11.8. The first kappa shape index (κ1) is 15.8. The maximum atomic E-state index is 11.8. The molecule has 0 saturated carbocycles. The van der Waals surface area contributed by atoms with Crippen LogP contribution < -0.4 is 0 Å². The molecule has 0 aromatic heterocycles. The summed E-state index contributed by atoms with van der Waals surface area (Å²) in [4.78, 5) is 17.7. The van der Waals surface area contributed by atoms with Crippen molar-refractivity contribution in [2.24, 2.45) is 4.99 Å². The van der Waals surface area contributed by atoms with Gasteiger partial charge in [0.1, 0.15) is 11.6 Å². The molecule has 0 aromatic rings. The molecule has 0 heterocycles. The first-order chi connectivity index (χ1) is 7.67. The first-order valence-corrected chi connectivity index (χ1v) is 5.77. The van der Waals surface area contributed by atoms with Gasteiger partial charge in [0.2, 0.25) is 0 Å². The Kier molecular flexibility index (Phi) is 6.10. The number of aliphatic imine (C=N–C) groups is 1. The maximum absolute atomic E-state index is 11.8. The average molecular weight is 240 g/mol. The van der Waals surface area contributed by atoms with Gasteiger partial charge in [0.25, 0.3) is 0 Å². The molecule has 0 rings (SSSR count). The van der Waals surface area contributed by atoms with Gasteiger partial charge in [-0.1, -0.05) is 6.58 Å². The van der Waals surface area contributed by atoms with Gasteiger partial charge in [0.15, 0.2) is 0 Å². The van der Waals surface area contributed by atoms with Crippen LogP contribution in [0.5, 0.6) is 0 Å². The van der Waals surface area contributed by atoms with Crippen molar-refractivity contribution in [1.29, 1.82) is 0 Å². The molecule has 0 fully saturated rings. The van der Waals surface area contributed by atoms with Crippen molar-refractivity contribution in [1.82, 2.24) is 4.90 Å². The number of esters is 1. The molecule has 0 amide bonds. The van der Waals surface area contributed by atoms with E-state index in [0.717, 1.165) is 5.70 Å². The molecule has 0 aliphatic heterocycles. The Hall–Kier alpha value is -1.16. The van der Waals surface area contributed by atoms with Gasteiger partial charge < -0.3 is 4.74 Å². The third kappa shape index (κ3) is 6.89. The predicted molar refractivity (Wildman–Crippen MR) is 71.2 cm³/mol. The lowest BCUT2D eigenvalue weighted by atomic mass is 10.2. The highest BCUT2D eigenvalue weighted by molar-refractivity contribution is 5.75. The maximum Gasteiger partial charge on any atom is 0.323 e. The van der Waals surface area contributed by atoms with Crippen molar-refractivity contribution >= 4 is 12.2 Å². The largest absolute Gasteiger partial charge is 0.459 e. The Morgan fingerprint density at radius 1 is 1.53 bits per heavy atom. The number of carbonyl (C=O) groups is 1. The molecule has 0 spiro atoms. The van der Waals surface area contributed by atoms with Gasteiger partial charge in [-0.25, -0.2) is 0 Å². The Balaban J connectivity index is 4.35. The van der Waals surface area contributed by atoms with Crippen LogP contribution in [-0.2, 0) is 9.53 Å². The van der Waals surface area contributed by atoms with Gasteiger partial charge in [-0.05, 0) is 41.7 Å². The van der Waals surface area contributed by atoms with Crippen molar-refractivity contribution in [3.63, 3.8) is 0 Å². The summed E-state index contributed by atoms with van der Waals surface area (Å²) in [6.07, 6.45) is 1.69. The smallest absolute Gasteiger partial charge is 0.323 e. The van der Waals surface area contributed by atoms with Crippen LogP contribution in [0.3, 0.4) is 0 Å². The molecule has 4 nitrogen and oxygen atoms in total. The summed E-state index contributed by atoms with van der Waals surface area (Å²) in [6, 6.07) is -0.307. The number of carbonyl (C=O) groups excluding carboxylic acids is 1. The quantitative estimate of drug-likeness (QED) is 0.547. The third-order valence-electron chi connectivity index (χ3n) is 2.15.